The number of benzene rings is 1. The number of hydrogen-bond donors (Lipinski definition) is 1. The molecule has 2 aromatic rings. The normalized spacial score (nSPS) is 10.9. The molecule has 0 bridgehead atoms. The van der Waals surface area contributed by atoms with Gasteiger partial charge in [-0.2, -0.15) is 0 Å². The molecule has 0 aliphatic carbocycles. The highest BCUT2D eigenvalue weighted by molar-refractivity contribution is 9.11. The van der Waals surface area contributed by atoms with Crippen molar-refractivity contribution in [1.82, 2.24) is 9.55 Å². The molecule has 0 atom stereocenters. The van der Waals surface area contributed by atoms with E-state index < -0.39 is 0 Å². The molecule has 4 heteroatoms. The maximum Gasteiger partial charge on any atom is 0.112 e. The van der Waals surface area contributed by atoms with Crippen LogP contribution in [0.5, 0.6) is 0 Å². The van der Waals surface area contributed by atoms with E-state index in [9.17, 15) is 0 Å². The van der Waals surface area contributed by atoms with Crippen LogP contribution >= 0.6 is 15.9 Å². The number of para-hydroxylation sites is 2. The fourth-order valence-electron chi connectivity index (χ4n) is 1.76. The van der Waals surface area contributed by atoms with Gasteiger partial charge in [-0.1, -0.05) is 34.6 Å². The second kappa shape index (κ2) is 4.80. The van der Waals surface area contributed by atoms with Crippen molar-refractivity contribution in [2.45, 2.75) is 13.0 Å². The summed E-state index contributed by atoms with van der Waals surface area (Å²) in [5.74, 6) is 0.893. The lowest BCUT2D eigenvalue weighted by Gasteiger charge is -2.06. The Hall–Kier alpha value is -1.13. The lowest BCUT2D eigenvalue weighted by molar-refractivity contribution is 0.295. The maximum atomic E-state index is 9.02. The smallest absolute Gasteiger partial charge is 0.112 e. The van der Waals surface area contributed by atoms with Crippen LogP contribution in [0, 0.1) is 0 Å². The second-order valence-electron chi connectivity index (χ2n) is 3.59. The number of imidazole rings is 1. The summed E-state index contributed by atoms with van der Waals surface area (Å²) in [6.45, 7) is 4.63. The Morgan fingerprint density at radius 1 is 1.44 bits per heavy atom. The Labute approximate surface area is 103 Å². The molecule has 84 valence electrons. The van der Waals surface area contributed by atoms with E-state index in [1.54, 1.807) is 0 Å². The molecule has 1 aromatic heterocycles. The predicted molar refractivity (Wildman–Crippen MR) is 68.6 cm³/mol. The molecule has 2 rings (SSSR count). The van der Waals surface area contributed by atoms with Crippen LogP contribution < -0.4 is 0 Å². The quantitative estimate of drug-likeness (QED) is 0.935. The number of rotatable bonds is 4. The standard InChI is InChI=1S/C12H13BrN2O/c1-9(13)8-15-11-5-3-2-4-10(11)14-12(15)6-7-16/h2-5,16H,1,6-8H2. The Morgan fingerprint density at radius 3 is 2.88 bits per heavy atom. The average molecular weight is 281 g/mol. The minimum absolute atomic E-state index is 0.109. The Bertz CT molecular complexity index is 519. The number of nitrogens with zero attached hydrogens (tertiary/aromatic N) is 2. The molecule has 3 nitrogen and oxygen atoms in total. The number of aliphatic hydroxyl groups is 1. The van der Waals surface area contributed by atoms with Gasteiger partial charge in [0.25, 0.3) is 0 Å². The summed E-state index contributed by atoms with van der Waals surface area (Å²) < 4.78 is 2.97. The highest BCUT2D eigenvalue weighted by Crippen LogP contribution is 2.19. The van der Waals surface area contributed by atoms with Crippen molar-refractivity contribution in [2.75, 3.05) is 6.61 Å². The van der Waals surface area contributed by atoms with Crippen LogP contribution in [0.1, 0.15) is 5.82 Å². The zero-order valence-corrected chi connectivity index (χ0v) is 10.4. The summed E-state index contributed by atoms with van der Waals surface area (Å²) in [4.78, 5) is 4.50. The average Bonchev–Trinajstić information content (AvgIpc) is 2.57. The number of aliphatic hydroxyl groups excluding tert-OH is 1. The number of fused-ring (bicyclic) bond motifs is 1. The van der Waals surface area contributed by atoms with Gasteiger partial charge in [-0.3, -0.25) is 0 Å². The van der Waals surface area contributed by atoms with Gasteiger partial charge < -0.3 is 9.67 Å². The highest BCUT2D eigenvalue weighted by Gasteiger charge is 2.09. The molecule has 0 fully saturated rings. The fourth-order valence-corrected chi connectivity index (χ4v) is 2.02. The van der Waals surface area contributed by atoms with Crippen molar-refractivity contribution in [2.24, 2.45) is 0 Å². The van der Waals surface area contributed by atoms with Crippen molar-refractivity contribution in [3.05, 3.63) is 41.2 Å². The van der Waals surface area contributed by atoms with Crippen molar-refractivity contribution >= 4 is 27.0 Å². The first-order chi connectivity index (χ1) is 7.72. The first kappa shape index (κ1) is 11.4. The first-order valence-electron chi connectivity index (χ1n) is 5.10. The van der Waals surface area contributed by atoms with Crippen molar-refractivity contribution in [1.29, 1.82) is 0 Å². The van der Waals surface area contributed by atoms with Crippen LogP contribution in [0.3, 0.4) is 0 Å². The van der Waals surface area contributed by atoms with Gasteiger partial charge >= 0.3 is 0 Å². The molecule has 0 spiro atoms. The molecule has 0 aliphatic rings. The third kappa shape index (κ3) is 2.18. The van der Waals surface area contributed by atoms with Crippen LogP contribution in [0.2, 0.25) is 0 Å². The summed E-state index contributed by atoms with van der Waals surface area (Å²) in [6.07, 6.45) is 0.564. The fraction of sp³-hybridized carbons (Fsp3) is 0.250. The monoisotopic (exact) mass is 280 g/mol. The number of aromatic nitrogens is 2. The van der Waals surface area contributed by atoms with Crippen molar-refractivity contribution < 1.29 is 5.11 Å². The van der Waals surface area contributed by atoms with Crippen LogP contribution in [0.15, 0.2) is 35.3 Å². The van der Waals surface area contributed by atoms with E-state index in [0.29, 0.717) is 13.0 Å². The van der Waals surface area contributed by atoms with Gasteiger partial charge in [-0.15, -0.1) is 0 Å². The Kier molecular flexibility index (Phi) is 3.41. The molecule has 16 heavy (non-hydrogen) atoms. The van der Waals surface area contributed by atoms with Crippen molar-refractivity contribution in [3.63, 3.8) is 0 Å². The van der Waals surface area contributed by atoms with E-state index in [2.05, 4.69) is 32.1 Å². The van der Waals surface area contributed by atoms with Gasteiger partial charge in [0.2, 0.25) is 0 Å². The highest BCUT2D eigenvalue weighted by atomic mass is 79.9. The molecule has 1 heterocycles. The van der Waals surface area contributed by atoms with E-state index >= 15 is 0 Å². The van der Waals surface area contributed by atoms with Gasteiger partial charge in [-0.25, -0.2) is 4.98 Å². The topological polar surface area (TPSA) is 38.0 Å². The van der Waals surface area contributed by atoms with Gasteiger partial charge in [0.1, 0.15) is 5.82 Å². The molecule has 0 saturated heterocycles. The third-order valence-electron chi connectivity index (χ3n) is 2.40. The van der Waals surface area contributed by atoms with Gasteiger partial charge in [0.05, 0.1) is 24.2 Å². The molecule has 0 amide bonds. The third-order valence-corrected chi connectivity index (χ3v) is 2.65. The number of halogens is 1. The van der Waals surface area contributed by atoms with Crippen molar-refractivity contribution in [3.8, 4) is 0 Å². The van der Waals surface area contributed by atoms with E-state index in [-0.39, 0.29) is 6.61 Å². The number of hydrogen-bond acceptors (Lipinski definition) is 2. The SMILES string of the molecule is C=C(Br)Cn1c(CCO)nc2ccccc21. The van der Waals surface area contributed by atoms with E-state index in [1.807, 2.05) is 24.3 Å². The Morgan fingerprint density at radius 2 is 2.19 bits per heavy atom. The molecule has 1 N–H and O–H groups in total. The molecule has 1 aromatic carbocycles. The van der Waals surface area contributed by atoms with E-state index in [1.165, 1.54) is 0 Å². The maximum absolute atomic E-state index is 9.02. The van der Waals surface area contributed by atoms with Crippen LogP contribution in [0.25, 0.3) is 11.0 Å². The molecule has 0 aliphatic heterocycles. The molecular formula is C12H13BrN2O. The zero-order chi connectivity index (χ0) is 11.5. The number of allylic oxidation sites excluding steroid dienone is 1. The second-order valence-corrected chi connectivity index (χ2v) is 4.72. The van der Waals surface area contributed by atoms with Gasteiger partial charge in [-0.05, 0) is 12.1 Å². The molecule has 0 radical (unpaired) electrons. The minimum atomic E-state index is 0.109. The van der Waals surface area contributed by atoms with Gasteiger partial charge in [0, 0.05) is 10.9 Å². The minimum Gasteiger partial charge on any atom is -0.396 e. The first-order valence-corrected chi connectivity index (χ1v) is 5.90. The lowest BCUT2D eigenvalue weighted by Crippen LogP contribution is -2.05. The van der Waals surface area contributed by atoms with Crippen LogP contribution in [-0.4, -0.2) is 21.3 Å². The van der Waals surface area contributed by atoms with Crippen LogP contribution in [-0.2, 0) is 13.0 Å². The summed E-state index contributed by atoms with van der Waals surface area (Å²) in [5, 5.41) is 9.02. The zero-order valence-electron chi connectivity index (χ0n) is 8.86. The molecular weight excluding hydrogens is 268 g/mol. The lowest BCUT2D eigenvalue weighted by atomic mass is 10.3. The molecule has 0 unspecified atom stereocenters. The van der Waals surface area contributed by atoms with E-state index in [0.717, 1.165) is 21.3 Å². The summed E-state index contributed by atoms with van der Waals surface area (Å²) in [5.41, 5.74) is 2.03. The Balaban J connectivity index is 2.54. The predicted octanol–water partition coefficient (Wildman–Crippen LogP) is 2.48. The summed E-state index contributed by atoms with van der Waals surface area (Å²) in [6, 6.07) is 7.95. The summed E-state index contributed by atoms with van der Waals surface area (Å²) >= 11 is 3.36. The largest absolute Gasteiger partial charge is 0.396 e. The molecule has 0 saturated carbocycles. The van der Waals surface area contributed by atoms with Gasteiger partial charge in [0.15, 0.2) is 0 Å². The summed E-state index contributed by atoms with van der Waals surface area (Å²) in [7, 11) is 0. The van der Waals surface area contributed by atoms with Crippen LogP contribution in [0.4, 0.5) is 0 Å². The van der Waals surface area contributed by atoms with E-state index in [4.69, 9.17) is 5.11 Å².